The van der Waals surface area contributed by atoms with E-state index in [4.69, 9.17) is 27.3 Å². The van der Waals surface area contributed by atoms with Crippen molar-refractivity contribution in [2.75, 3.05) is 0 Å². The molecule has 9 rings (SSSR count). The summed E-state index contributed by atoms with van der Waals surface area (Å²) in [7, 11) is 0. The maximum Gasteiger partial charge on any atom is 0.164 e. The number of benzene rings is 7. The summed E-state index contributed by atoms with van der Waals surface area (Å²) >= 11 is 0. The summed E-state index contributed by atoms with van der Waals surface area (Å²) in [6, 6.07) is 36.2. The molecule has 0 aliphatic carbocycles. The number of rotatable bonds is 6. The molecule has 49 heavy (non-hydrogen) atoms. The lowest BCUT2D eigenvalue weighted by Gasteiger charge is -2.13. The van der Waals surface area contributed by atoms with E-state index < -0.39 is 42.3 Å². The zero-order chi connectivity index (χ0) is 40.4. The summed E-state index contributed by atoms with van der Waals surface area (Å²) in [6.07, 6.45) is 0. The highest BCUT2D eigenvalue weighted by Crippen LogP contribution is 2.38. The molecule has 0 radical (unpaired) electrons. The van der Waals surface area contributed by atoms with E-state index in [0.717, 1.165) is 22.3 Å². The van der Waals surface area contributed by atoms with Gasteiger partial charge in [0.1, 0.15) is 0 Å². The van der Waals surface area contributed by atoms with E-state index in [1.807, 2.05) is 97.1 Å². The van der Waals surface area contributed by atoms with Gasteiger partial charge < -0.3 is 4.57 Å². The molecule has 2 heterocycles. The van der Waals surface area contributed by atoms with Crippen molar-refractivity contribution >= 4 is 21.8 Å². The number of nitrogens with zero attached hydrogens (tertiary/aromatic N) is 4. The van der Waals surface area contributed by atoms with Crippen LogP contribution in [0.2, 0.25) is 0 Å². The number of para-hydroxylation sites is 2. The van der Waals surface area contributed by atoms with Gasteiger partial charge in [-0.1, -0.05) is 145 Å². The summed E-state index contributed by atoms with van der Waals surface area (Å²) in [5.41, 5.74) is 5.61. The van der Waals surface area contributed by atoms with E-state index in [9.17, 15) is 0 Å². The first-order chi connectivity index (χ1) is 28.0. The standard InChI is InChI=1S/C45H30N4/c1-4-14-31(15-5-1)35-20-12-21-36(30-35)45-47-43(33-18-8-3-9-19-33)46-44(48-45)34-26-28-37(29-27-34)49-41-25-11-10-22-39(41)40-24-13-23-38(42(40)49)32-16-6-2-7-17-32/h1-30H/i2D,6D,7D,10D,11D,16D,17D,22D,25D. The maximum absolute atomic E-state index is 9.06. The topological polar surface area (TPSA) is 43.6 Å². The van der Waals surface area contributed by atoms with Gasteiger partial charge in [0, 0.05) is 38.7 Å². The van der Waals surface area contributed by atoms with E-state index in [1.165, 1.54) is 0 Å². The van der Waals surface area contributed by atoms with Crippen LogP contribution in [0.5, 0.6) is 0 Å². The van der Waals surface area contributed by atoms with E-state index in [2.05, 4.69) is 0 Å². The maximum atomic E-state index is 9.06. The fraction of sp³-hybridized carbons (Fsp3) is 0. The van der Waals surface area contributed by atoms with Gasteiger partial charge in [0.25, 0.3) is 0 Å². The normalized spacial score (nSPS) is 13.8. The lowest BCUT2D eigenvalue weighted by Crippen LogP contribution is -2.01. The lowest BCUT2D eigenvalue weighted by atomic mass is 10.0. The Morgan fingerprint density at radius 1 is 0.408 bits per heavy atom. The Hall–Kier alpha value is -6.65. The predicted molar refractivity (Wildman–Crippen MR) is 201 cm³/mol. The summed E-state index contributed by atoms with van der Waals surface area (Å²) < 4.78 is 79.4. The Labute approximate surface area is 297 Å². The molecule has 0 bridgehead atoms. The first-order valence-corrected chi connectivity index (χ1v) is 15.7. The van der Waals surface area contributed by atoms with E-state index in [0.29, 0.717) is 39.6 Å². The minimum atomic E-state index is -0.526. The van der Waals surface area contributed by atoms with Crippen LogP contribution in [-0.2, 0) is 0 Å². The summed E-state index contributed by atoms with van der Waals surface area (Å²) in [5, 5.41) is 0.675. The summed E-state index contributed by atoms with van der Waals surface area (Å²) in [6.45, 7) is 0. The molecule has 7 aromatic carbocycles. The van der Waals surface area contributed by atoms with Crippen molar-refractivity contribution in [2.45, 2.75) is 0 Å². The van der Waals surface area contributed by atoms with E-state index in [-0.39, 0.29) is 34.1 Å². The molecule has 0 N–H and O–H groups in total. The van der Waals surface area contributed by atoms with E-state index in [1.54, 1.807) is 34.9 Å². The first kappa shape index (κ1) is 20.6. The molecule has 4 nitrogen and oxygen atoms in total. The van der Waals surface area contributed by atoms with Crippen molar-refractivity contribution in [3.63, 3.8) is 0 Å². The highest BCUT2D eigenvalue weighted by molar-refractivity contribution is 6.13. The number of fused-ring (bicyclic) bond motifs is 3. The van der Waals surface area contributed by atoms with Crippen LogP contribution < -0.4 is 0 Å². The van der Waals surface area contributed by atoms with Crippen LogP contribution in [0.1, 0.15) is 12.3 Å². The van der Waals surface area contributed by atoms with Gasteiger partial charge in [-0.2, -0.15) is 0 Å². The Balaban J connectivity index is 1.26. The Kier molecular flexibility index (Phi) is 5.11. The minimum Gasteiger partial charge on any atom is -0.309 e. The third-order valence-electron chi connectivity index (χ3n) is 8.47. The smallest absolute Gasteiger partial charge is 0.164 e. The zero-order valence-corrected chi connectivity index (χ0v) is 25.9. The van der Waals surface area contributed by atoms with Crippen molar-refractivity contribution in [3.8, 4) is 62.1 Å². The van der Waals surface area contributed by atoms with Gasteiger partial charge in [-0.15, -0.1) is 0 Å². The minimum absolute atomic E-state index is 0.0463. The summed E-state index contributed by atoms with van der Waals surface area (Å²) in [5.74, 6) is 1.37. The van der Waals surface area contributed by atoms with Crippen molar-refractivity contribution in [1.82, 2.24) is 19.5 Å². The summed E-state index contributed by atoms with van der Waals surface area (Å²) in [4.78, 5) is 14.7. The second-order valence-corrected chi connectivity index (χ2v) is 11.4. The second-order valence-electron chi connectivity index (χ2n) is 11.4. The van der Waals surface area contributed by atoms with Gasteiger partial charge in [-0.3, -0.25) is 0 Å². The molecule has 0 aliphatic rings. The van der Waals surface area contributed by atoms with Gasteiger partial charge in [-0.25, -0.2) is 15.0 Å². The average molecular weight is 636 g/mol. The fourth-order valence-electron chi connectivity index (χ4n) is 6.19. The number of hydrogen-bond acceptors (Lipinski definition) is 3. The monoisotopic (exact) mass is 635 g/mol. The van der Waals surface area contributed by atoms with Crippen LogP contribution in [0.15, 0.2) is 182 Å². The van der Waals surface area contributed by atoms with Crippen molar-refractivity contribution in [2.24, 2.45) is 0 Å². The molecule has 0 saturated carbocycles. The molecule has 2 aromatic heterocycles. The largest absolute Gasteiger partial charge is 0.309 e. The van der Waals surface area contributed by atoms with Gasteiger partial charge in [0.2, 0.25) is 0 Å². The van der Waals surface area contributed by atoms with Gasteiger partial charge >= 0.3 is 0 Å². The highest BCUT2D eigenvalue weighted by Gasteiger charge is 2.17. The molecule has 0 unspecified atom stereocenters. The van der Waals surface area contributed by atoms with E-state index >= 15 is 0 Å². The fourth-order valence-corrected chi connectivity index (χ4v) is 6.19. The Bertz CT molecular complexity index is 3070. The lowest BCUT2D eigenvalue weighted by molar-refractivity contribution is 1.07. The van der Waals surface area contributed by atoms with Gasteiger partial charge in [0.05, 0.1) is 23.4 Å². The van der Waals surface area contributed by atoms with Crippen LogP contribution in [-0.4, -0.2) is 19.5 Å². The first-order valence-electron chi connectivity index (χ1n) is 20.2. The van der Waals surface area contributed by atoms with Crippen LogP contribution in [0.25, 0.3) is 83.9 Å². The molecule has 0 aliphatic heterocycles. The third kappa shape index (κ3) is 5.26. The Morgan fingerprint density at radius 3 is 1.71 bits per heavy atom. The van der Waals surface area contributed by atoms with Crippen LogP contribution in [0, 0.1) is 0 Å². The molecule has 230 valence electrons. The van der Waals surface area contributed by atoms with Crippen molar-refractivity contribution < 1.29 is 12.3 Å². The van der Waals surface area contributed by atoms with Crippen LogP contribution in [0.3, 0.4) is 0 Å². The third-order valence-corrected chi connectivity index (χ3v) is 8.47. The second kappa shape index (κ2) is 12.2. The van der Waals surface area contributed by atoms with Crippen molar-refractivity contribution in [3.05, 3.63) is 182 Å². The van der Waals surface area contributed by atoms with Crippen LogP contribution >= 0.6 is 0 Å². The van der Waals surface area contributed by atoms with Gasteiger partial charge in [0.15, 0.2) is 17.5 Å². The molecule has 9 aromatic rings. The SMILES string of the molecule is [2H]c1c([2H])c([2H])c(-c2cccc3c4c([2H])c([2H])c([2H])c([2H])c4n(-c4ccc(-c5nc(-c6ccccc6)nc(-c6cccc(-c7ccccc7)c6)n5)cc4)c23)c([2H])c1[2H]. The predicted octanol–water partition coefficient (Wildman–Crippen LogP) is 11.3. The molecular formula is C45H30N4. The molecule has 0 amide bonds. The molecule has 0 fully saturated rings. The zero-order valence-electron chi connectivity index (χ0n) is 34.9. The molecule has 0 atom stereocenters. The Morgan fingerprint density at radius 2 is 0.980 bits per heavy atom. The average Bonchev–Trinajstić information content (AvgIpc) is 3.63. The molecular weight excluding hydrogens is 597 g/mol. The number of hydrogen-bond donors (Lipinski definition) is 0. The van der Waals surface area contributed by atoms with Crippen LogP contribution in [0.4, 0.5) is 0 Å². The van der Waals surface area contributed by atoms with Crippen molar-refractivity contribution in [1.29, 1.82) is 0 Å². The van der Waals surface area contributed by atoms with Gasteiger partial charge in [-0.05, 0) is 53.1 Å². The molecule has 0 saturated heterocycles. The number of aromatic nitrogens is 4. The molecule has 0 spiro atoms. The highest BCUT2D eigenvalue weighted by atomic mass is 15.0. The quantitative estimate of drug-likeness (QED) is 0.183. The molecule has 4 heteroatoms.